The number of nitrogens with two attached hydrogens (primary N) is 1. The summed E-state index contributed by atoms with van der Waals surface area (Å²) in [7, 11) is 0. The average molecular weight is 971 g/mol. The predicted octanol–water partition coefficient (Wildman–Crippen LogP) is -3.50. The van der Waals surface area contributed by atoms with Crippen molar-refractivity contribution < 1.29 is 67.3 Å². The third-order valence-corrected chi connectivity index (χ3v) is 13.0. The Bertz CT molecular complexity index is 2310. The van der Waals surface area contributed by atoms with Gasteiger partial charge in [-0.05, 0) is 17.5 Å². The predicted molar refractivity (Wildman–Crippen MR) is 239 cm³/mol. The van der Waals surface area contributed by atoms with Crippen LogP contribution in [0.4, 0.5) is 0 Å². The number of aliphatic hydroxyl groups excluding tert-OH is 1. The van der Waals surface area contributed by atoms with E-state index in [0.29, 0.717) is 27.9 Å². The van der Waals surface area contributed by atoms with Crippen LogP contribution in [0.2, 0.25) is 0 Å². The first-order chi connectivity index (χ1) is 32.2. The van der Waals surface area contributed by atoms with Gasteiger partial charge >= 0.3 is 11.9 Å². The number of thioether (sulfide) groups is 1. The zero-order valence-corrected chi connectivity index (χ0v) is 39.0. The molecule has 370 valence electrons. The highest BCUT2D eigenvalue weighted by molar-refractivity contribution is 7.99. The molecule has 25 heteroatoms. The first kappa shape index (κ1) is 52.2. The lowest BCUT2D eigenvalue weighted by Gasteiger charge is -2.33. The van der Waals surface area contributed by atoms with E-state index in [9.17, 15) is 57.8 Å². The van der Waals surface area contributed by atoms with E-state index < -0.39 is 164 Å². The molecule has 3 aliphatic rings. The molecule has 1 aromatic carbocycles. The second-order valence-electron chi connectivity index (χ2n) is 17.0. The fraction of sp³-hybridized carbons (Fsp3) is 0.558. The average Bonchev–Trinajstić information content (AvgIpc) is 3.85. The van der Waals surface area contributed by atoms with Crippen molar-refractivity contribution in [3.05, 3.63) is 29.8 Å². The number of fused-ring (bicyclic) bond motifs is 5. The van der Waals surface area contributed by atoms with Crippen molar-refractivity contribution >= 4 is 87.8 Å². The summed E-state index contributed by atoms with van der Waals surface area (Å²) < 4.78 is 10.6. The number of nitrogens with one attached hydrogen (secondary N) is 8. The van der Waals surface area contributed by atoms with Crippen LogP contribution in [0.1, 0.15) is 59.4 Å². The Hall–Kier alpha value is -6.76. The summed E-state index contributed by atoms with van der Waals surface area (Å²) >= 11 is 1.01. The van der Waals surface area contributed by atoms with Gasteiger partial charge in [0.2, 0.25) is 53.2 Å². The number of aromatic nitrogens is 1. The third-order valence-electron chi connectivity index (χ3n) is 11.9. The minimum atomic E-state index is -1.76. The van der Waals surface area contributed by atoms with Crippen LogP contribution in [0, 0.1) is 11.8 Å². The Morgan fingerprint density at radius 1 is 0.824 bits per heavy atom. The molecule has 1 saturated heterocycles. The summed E-state index contributed by atoms with van der Waals surface area (Å²) in [4.78, 5) is 154. The number of benzene rings is 1. The maximum Gasteiger partial charge on any atom is 0.303 e. The maximum atomic E-state index is 14.8. The number of esters is 2. The number of aromatic amines is 1. The second-order valence-corrected chi connectivity index (χ2v) is 18.0. The molecule has 24 nitrogen and oxygen atoms in total. The molecule has 11 N–H and O–H groups in total. The molecule has 0 spiro atoms. The zero-order chi connectivity index (χ0) is 50.0. The summed E-state index contributed by atoms with van der Waals surface area (Å²) in [5, 5.41) is 29.6. The van der Waals surface area contributed by atoms with Gasteiger partial charge in [-0.3, -0.25) is 52.7 Å². The van der Waals surface area contributed by atoms with Gasteiger partial charge in [-0.1, -0.05) is 45.4 Å². The van der Waals surface area contributed by atoms with Crippen LogP contribution in [-0.4, -0.2) is 161 Å². The number of primary amides is 1. The van der Waals surface area contributed by atoms with Crippen LogP contribution in [0.15, 0.2) is 29.3 Å². The van der Waals surface area contributed by atoms with E-state index in [1.54, 1.807) is 38.1 Å². The molecule has 10 atom stereocenters. The number of rotatable bonds is 9. The van der Waals surface area contributed by atoms with Gasteiger partial charge in [0.1, 0.15) is 49.0 Å². The van der Waals surface area contributed by atoms with E-state index in [0.717, 1.165) is 30.5 Å². The van der Waals surface area contributed by atoms with Crippen molar-refractivity contribution in [2.75, 3.05) is 32.0 Å². The molecule has 3 aliphatic heterocycles. The molecule has 1 aromatic heterocycles. The summed E-state index contributed by atoms with van der Waals surface area (Å²) in [6.07, 6.45) is -3.82. The second kappa shape index (κ2) is 23.3. The number of nitrogens with zero attached hydrogens (tertiary/aromatic N) is 1. The molecular formula is C43H58N10O14S. The Morgan fingerprint density at radius 3 is 2.16 bits per heavy atom. The van der Waals surface area contributed by atoms with Crippen LogP contribution >= 0.6 is 11.8 Å². The van der Waals surface area contributed by atoms with Gasteiger partial charge in [-0.25, -0.2) is 0 Å². The summed E-state index contributed by atoms with van der Waals surface area (Å²) in [5.74, 6) is -12.1. The summed E-state index contributed by atoms with van der Waals surface area (Å²) in [5.41, 5.74) is 6.53. The van der Waals surface area contributed by atoms with Gasteiger partial charge in [0.25, 0.3) is 0 Å². The Labute approximate surface area is 394 Å². The molecule has 0 radical (unpaired) electrons. The molecule has 5 rings (SSSR count). The third kappa shape index (κ3) is 13.4. The molecular weight excluding hydrogens is 913 g/mol. The Balaban J connectivity index is 1.72. The lowest BCUT2D eigenvalue weighted by molar-refractivity contribution is -0.161. The minimum absolute atomic E-state index is 0.273. The molecule has 68 heavy (non-hydrogen) atoms. The summed E-state index contributed by atoms with van der Waals surface area (Å²) in [6, 6.07) is -2.44. The maximum absolute atomic E-state index is 14.8. The van der Waals surface area contributed by atoms with E-state index in [1.807, 2.05) is 0 Å². The van der Waals surface area contributed by atoms with Crippen molar-refractivity contribution in [2.24, 2.45) is 17.6 Å². The van der Waals surface area contributed by atoms with Crippen molar-refractivity contribution in [2.45, 2.75) is 114 Å². The number of carbonyl (C=O) groups excluding carboxylic acids is 11. The number of H-pyrrole nitrogens is 1. The van der Waals surface area contributed by atoms with Gasteiger partial charge in [0.15, 0.2) is 0 Å². The number of hydrogen-bond acceptors (Lipinski definition) is 15. The van der Waals surface area contributed by atoms with E-state index >= 15 is 0 Å². The number of para-hydroxylation sites is 1. The normalized spacial score (nSPS) is 26.2. The molecule has 4 heterocycles. The molecule has 2 bridgehead atoms. The fourth-order valence-electron chi connectivity index (χ4n) is 8.05. The van der Waals surface area contributed by atoms with Crippen molar-refractivity contribution in [3.63, 3.8) is 0 Å². The van der Waals surface area contributed by atoms with Gasteiger partial charge < -0.3 is 67.4 Å². The number of ether oxygens (including phenoxy) is 2. The topological polar surface area (TPSA) is 356 Å². The first-order valence-corrected chi connectivity index (χ1v) is 23.0. The number of amides is 9. The van der Waals surface area contributed by atoms with Gasteiger partial charge in [0.05, 0.1) is 30.6 Å². The quantitative estimate of drug-likeness (QED) is 0.109. The van der Waals surface area contributed by atoms with Crippen molar-refractivity contribution in [1.82, 2.24) is 47.1 Å². The lowest BCUT2D eigenvalue weighted by Crippen LogP contribution is -2.62. The molecule has 2 aromatic rings. The minimum Gasteiger partial charge on any atom is -0.462 e. The van der Waals surface area contributed by atoms with E-state index in [2.05, 4.69) is 42.2 Å². The number of carbonyl (C=O) groups is 11. The van der Waals surface area contributed by atoms with Crippen LogP contribution in [-0.2, 0) is 68.6 Å². The van der Waals surface area contributed by atoms with E-state index in [-0.39, 0.29) is 12.2 Å². The highest BCUT2D eigenvalue weighted by Crippen LogP contribution is 2.32. The van der Waals surface area contributed by atoms with Crippen LogP contribution in [0.25, 0.3) is 10.9 Å². The lowest BCUT2D eigenvalue weighted by atomic mass is 9.93. The monoisotopic (exact) mass is 970 g/mol. The number of aliphatic hydroxyl groups is 1. The Kier molecular flexibility index (Phi) is 17.9. The standard InChI is InChI=1S/C43H58N10O14S/c1-6-19(2)35-40(63)46-14-33(58)47-29-18-68-42-25(24-9-7-8-10-26(24)50-42)12-27(37(60)45-15-34(59)51-35)48-41(64)36(20(3)31(67-22(5)55)17-66-21(4)54)52-39(62)30-11-23(56)16-53(30)43(65)28(13-32(44)57)49-38(29)61/h7-10,19-20,23,27-31,35-36,50,56H,6,11-18H2,1-5H3,(H2,44,57)(H,45,60)(H,46,63)(H,47,58)(H,48,64)(H,49,61)(H,51,59)(H,52,62)/t19-,20-,23?,27?,28?,29+,30-,31-,35-,36-/m0/s1. The van der Waals surface area contributed by atoms with E-state index in [1.165, 1.54) is 6.92 Å². The smallest absolute Gasteiger partial charge is 0.303 e. The molecule has 9 amide bonds. The number of hydrogen-bond donors (Lipinski definition) is 10. The van der Waals surface area contributed by atoms with Gasteiger partial charge in [-0.15, -0.1) is 11.8 Å². The SMILES string of the molecule is CC[C@H](C)[C@@H]1NC(=O)CNC(=O)C2Cc3c([nH]c4ccccc34)SC[C@@H](NC(=O)CNC1=O)C(=O)NC(CC(N)=O)C(=O)N1CC(O)C[C@H]1C(=O)N[C@@H]([C@@H](C)[C@H](COC(C)=O)OC(C)=O)C(=O)N2. The van der Waals surface area contributed by atoms with Crippen molar-refractivity contribution in [1.29, 1.82) is 0 Å². The highest BCUT2D eigenvalue weighted by Gasteiger charge is 2.45. The van der Waals surface area contributed by atoms with Gasteiger partial charge in [0, 0.05) is 55.8 Å². The molecule has 0 aliphatic carbocycles. The molecule has 3 unspecified atom stereocenters. The zero-order valence-electron chi connectivity index (χ0n) is 38.1. The largest absolute Gasteiger partial charge is 0.462 e. The molecule has 0 saturated carbocycles. The Morgan fingerprint density at radius 2 is 1.50 bits per heavy atom. The van der Waals surface area contributed by atoms with Gasteiger partial charge in [-0.2, -0.15) is 0 Å². The van der Waals surface area contributed by atoms with E-state index in [4.69, 9.17) is 15.2 Å². The highest BCUT2D eigenvalue weighted by atomic mass is 32.2. The van der Waals surface area contributed by atoms with Crippen LogP contribution in [0.5, 0.6) is 0 Å². The summed E-state index contributed by atoms with van der Waals surface area (Å²) in [6.45, 7) is 4.57. The molecule has 1 fully saturated rings. The van der Waals surface area contributed by atoms with Crippen molar-refractivity contribution in [3.8, 4) is 0 Å². The van der Waals surface area contributed by atoms with Crippen LogP contribution in [0.3, 0.4) is 0 Å². The van der Waals surface area contributed by atoms with Crippen LogP contribution < -0.4 is 43.0 Å². The first-order valence-electron chi connectivity index (χ1n) is 22.0. The fourth-order valence-corrected chi connectivity index (χ4v) is 9.17.